The number of fused-ring (bicyclic) bond motifs is 3. The molecule has 0 amide bonds. The molecule has 0 saturated carbocycles. The first kappa shape index (κ1) is 34.7. The monoisotopic (exact) mass is 735 g/mol. The van der Waals surface area contributed by atoms with Gasteiger partial charge in [-0.3, -0.25) is 4.79 Å². The fourth-order valence-corrected chi connectivity index (χ4v) is 5.26. The summed E-state index contributed by atoms with van der Waals surface area (Å²) >= 11 is 0. The Morgan fingerprint density at radius 3 is 2.10 bits per heavy atom. The number of ketones is 1. The zero-order chi connectivity index (χ0) is 29.7. The second kappa shape index (κ2) is 14.6. The third-order valence-electron chi connectivity index (χ3n) is 9.19. The first-order valence-corrected chi connectivity index (χ1v) is 14.6. The molecule has 223 valence electrons. The smallest absolute Gasteiger partial charge is 0.141 e. The number of Topliss-reactive ketones (excluding diaryl/α,β-unsaturated/α-hetero) is 1. The number of aromatic nitrogens is 1. The summed E-state index contributed by atoms with van der Waals surface area (Å²) in [5.41, 5.74) is 3.75. The normalized spacial score (nSPS) is 12.4. The van der Waals surface area contributed by atoms with E-state index in [0.717, 1.165) is 58.7 Å². The van der Waals surface area contributed by atoms with Crippen molar-refractivity contribution in [3.8, 4) is 11.3 Å². The average molecular weight is 735 g/mol. The molecule has 4 aromatic rings. The molecule has 0 aliphatic carbocycles. The summed E-state index contributed by atoms with van der Waals surface area (Å²) in [5.74, 6) is 0.0175. The SMILES string of the molecule is CCC(C)(CC)C(=O)CC(O)C(C)(CC)CC.Cc1[c-]c(-c2nccc3c2ccc2c(F)cccc23)cc(C)c1.[Ir]. The Morgan fingerprint density at radius 1 is 0.902 bits per heavy atom. The molecule has 0 spiro atoms. The Labute approximate surface area is 259 Å². The second-order valence-electron chi connectivity index (χ2n) is 11.7. The van der Waals surface area contributed by atoms with Crippen molar-refractivity contribution < 1.29 is 34.4 Å². The minimum Gasteiger partial charge on any atom is -0.392 e. The van der Waals surface area contributed by atoms with E-state index >= 15 is 0 Å². The van der Waals surface area contributed by atoms with E-state index in [0.29, 0.717) is 11.8 Å². The quantitative estimate of drug-likeness (QED) is 0.138. The number of carbonyl (C=O) groups excluding carboxylic acids is 1. The fourth-order valence-electron chi connectivity index (χ4n) is 5.26. The fraction of sp³-hybridized carbons (Fsp3) is 0.444. The minimum atomic E-state index is -0.512. The number of hydrogen-bond acceptors (Lipinski definition) is 3. The zero-order valence-electron chi connectivity index (χ0n) is 25.8. The molecule has 1 radical (unpaired) electrons. The molecule has 0 fully saturated rings. The van der Waals surface area contributed by atoms with Crippen LogP contribution < -0.4 is 0 Å². The predicted molar refractivity (Wildman–Crippen MR) is 166 cm³/mol. The van der Waals surface area contributed by atoms with Crippen LogP contribution in [0.3, 0.4) is 0 Å². The average Bonchev–Trinajstić information content (AvgIpc) is 2.95. The molecule has 0 bridgehead atoms. The predicted octanol–water partition coefficient (Wildman–Crippen LogP) is 9.57. The van der Waals surface area contributed by atoms with Crippen molar-refractivity contribution in [3.63, 3.8) is 0 Å². The van der Waals surface area contributed by atoms with Crippen molar-refractivity contribution in [2.75, 3.05) is 0 Å². The van der Waals surface area contributed by atoms with Crippen LogP contribution in [0.1, 0.15) is 84.8 Å². The van der Waals surface area contributed by atoms with Gasteiger partial charge in [-0.1, -0.05) is 79.7 Å². The number of rotatable bonds is 9. The molecular weight excluding hydrogens is 690 g/mol. The number of halogens is 1. The molecule has 41 heavy (non-hydrogen) atoms. The number of aliphatic hydroxyl groups is 1. The maximum atomic E-state index is 14.0. The Kier molecular flexibility index (Phi) is 12.4. The molecule has 3 nitrogen and oxygen atoms in total. The number of aryl methyl sites for hydroxylation is 2. The summed E-state index contributed by atoms with van der Waals surface area (Å²) in [4.78, 5) is 16.8. The molecule has 3 aromatic carbocycles. The minimum absolute atomic E-state index is 0. The first-order valence-electron chi connectivity index (χ1n) is 14.6. The Bertz CT molecular complexity index is 1450. The Balaban J connectivity index is 0.000000296. The van der Waals surface area contributed by atoms with Crippen LogP contribution in [-0.4, -0.2) is 22.0 Å². The first-order chi connectivity index (χ1) is 18.9. The summed E-state index contributed by atoms with van der Waals surface area (Å²) < 4.78 is 14.0. The number of carbonyl (C=O) groups is 1. The molecule has 5 heteroatoms. The van der Waals surface area contributed by atoms with Gasteiger partial charge in [-0.15, -0.1) is 34.9 Å². The molecule has 0 aliphatic rings. The van der Waals surface area contributed by atoms with Crippen LogP contribution in [0, 0.1) is 36.6 Å². The topological polar surface area (TPSA) is 50.2 Å². The molecular formula is C36H45FIrNO2-. The van der Waals surface area contributed by atoms with Gasteiger partial charge in [0.15, 0.2) is 0 Å². The molecule has 1 N–H and O–H groups in total. The third-order valence-corrected chi connectivity index (χ3v) is 9.19. The van der Waals surface area contributed by atoms with E-state index in [9.17, 15) is 14.3 Å². The number of pyridine rings is 1. The van der Waals surface area contributed by atoms with Gasteiger partial charge in [0.1, 0.15) is 11.6 Å². The van der Waals surface area contributed by atoms with Crippen molar-refractivity contribution in [2.45, 2.75) is 93.6 Å². The summed E-state index contributed by atoms with van der Waals surface area (Å²) in [6.07, 6.45) is 5.10. The van der Waals surface area contributed by atoms with Crippen molar-refractivity contribution in [1.82, 2.24) is 4.98 Å². The van der Waals surface area contributed by atoms with E-state index in [1.165, 1.54) is 11.6 Å². The number of aliphatic hydroxyl groups excluding tert-OH is 1. The second-order valence-corrected chi connectivity index (χ2v) is 11.7. The van der Waals surface area contributed by atoms with Crippen molar-refractivity contribution in [2.24, 2.45) is 10.8 Å². The van der Waals surface area contributed by atoms with E-state index in [2.05, 4.69) is 50.9 Å². The van der Waals surface area contributed by atoms with Crippen LogP contribution in [0.25, 0.3) is 32.8 Å². The maximum Gasteiger partial charge on any atom is 0.141 e. The van der Waals surface area contributed by atoms with Gasteiger partial charge >= 0.3 is 0 Å². The van der Waals surface area contributed by atoms with Gasteiger partial charge < -0.3 is 10.1 Å². The van der Waals surface area contributed by atoms with Gasteiger partial charge in [-0.05, 0) is 65.1 Å². The van der Waals surface area contributed by atoms with E-state index in [4.69, 9.17) is 0 Å². The standard InChI is InChI=1S/C21H15FN.C15H30O2.Ir/c1-13-10-14(2)12-15(11-13)21-19-7-6-18-16(4-3-5-20(18)22)17(19)8-9-23-21;1-7-14(5,8-2)12(16)11-13(17)15(6,9-3)10-4;/h3-11H,1-2H3;12,16H,7-11H2,1-6H3;/q-1;;. The molecule has 0 aliphatic heterocycles. The third kappa shape index (κ3) is 7.69. The molecule has 1 heterocycles. The van der Waals surface area contributed by atoms with Crippen LogP contribution >= 0.6 is 0 Å². The van der Waals surface area contributed by atoms with Crippen molar-refractivity contribution in [3.05, 3.63) is 77.7 Å². The molecule has 1 aromatic heterocycles. The van der Waals surface area contributed by atoms with Crippen molar-refractivity contribution in [1.29, 1.82) is 0 Å². The Morgan fingerprint density at radius 2 is 1.51 bits per heavy atom. The van der Waals surface area contributed by atoms with Gasteiger partial charge in [0.05, 0.1) is 6.10 Å². The van der Waals surface area contributed by atoms with Crippen LogP contribution in [0.4, 0.5) is 4.39 Å². The van der Waals surface area contributed by atoms with Gasteiger partial charge in [-0.25, -0.2) is 4.39 Å². The Hall–Kier alpha value is -2.46. The van der Waals surface area contributed by atoms with Crippen LogP contribution in [0.15, 0.2) is 54.7 Å². The van der Waals surface area contributed by atoms with Crippen LogP contribution in [0.5, 0.6) is 0 Å². The van der Waals surface area contributed by atoms with Gasteiger partial charge in [0.25, 0.3) is 0 Å². The van der Waals surface area contributed by atoms with Crippen LogP contribution in [0.2, 0.25) is 0 Å². The molecule has 0 saturated heterocycles. The summed E-state index contributed by atoms with van der Waals surface area (Å²) in [6.45, 7) is 16.4. The number of hydrogen-bond donors (Lipinski definition) is 1. The summed E-state index contributed by atoms with van der Waals surface area (Å²) in [7, 11) is 0. The van der Waals surface area contributed by atoms with Gasteiger partial charge in [0, 0.05) is 43.5 Å². The maximum absolute atomic E-state index is 14.0. The number of nitrogens with zero attached hydrogens (tertiary/aromatic N) is 1. The molecule has 4 rings (SSSR count). The van der Waals surface area contributed by atoms with E-state index in [1.54, 1.807) is 12.3 Å². The van der Waals surface area contributed by atoms with E-state index in [-0.39, 0.29) is 42.5 Å². The summed E-state index contributed by atoms with van der Waals surface area (Å²) in [6, 6.07) is 18.5. The van der Waals surface area contributed by atoms with Gasteiger partial charge in [0.2, 0.25) is 0 Å². The molecule has 1 unspecified atom stereocenters. The zero-order valence-corrected chi connectivity index (χ0v) is 28.2. The largest absolute Gasteiger partial charge is 0.392 e. The van der Waals surface area contributed by atoms with E-state index in [1.807, 2.05) is 52.0 Å². The van der Waals surface area contributed by atoms with E-state index < -0.39 is 6.10 Å². The number of benzene rings is 3. The summed E-state index contributed by atoms with van der Waals surface area (Å²) in [5, 5.41) is 13.9. The molecule has 1 atom stereocenters. The van der Waals surface area contributed by atoms with Gasteiger partial charge in [-0.2, -0.15) is 0 Å². The van der Waals surface area contributed by atoms with Crippen LogP contribution in [-0.2, 0) is 24.9 Å². The van der Waals surface area contributed by atoms with Crippen molar-refractivity contribution >= 4 is 27.3 Å².